The maximum absolute atomic E-state index is 13.3. The number of aromatic nitrogens is 1. The second-order valence-corrected chi connectivity index (χ2v) is 8.47. The van der Waals surface area contributed by atoms with E-state index in [0.29, 0.717) is 40.6 Å². The zero-order valence-electron chi connectivity index (χ0n) is 17.8. The number of aryl methyl sites for hydroxylation is 1. The first kappa shape index (κ1) is 22.1. The highest BCUT2D eigenvalue weighted by molar-refractivity contribution is 7.10. The largest absolute Gasteiger partial charge is 0.493 e. The van der Waals surface area contributed by atoms with Crippen LogP contribution in [0.15, 0.2) is 42.5 Å². The number of rotatable bonds is 5. The Kier molecular flexibility index (Phi) is 6.34. The molecular weight excluding hydrogens is 450 g/mol. The molecule has 4 rings (SSSR count). The van der Waals surface area contributed by atoms with Gasteiger partial charge in [-0.1, -0.05) is 23.7 Å². The minimum atomic E-state index is -0.262. The van der Waals surface area contributed by atoms with Gasteiger partial charge in [0.15, 0.2) is 11.5 Å². The third-order valence-electron chi connectivity index (χ3n) is 5.42. The van der Waals surface area contributed by atoms with Crippen LogP contribution in [-0.2, 0) is 0 Å². The number of methoxy groups -OCH3 is 2. The van der Waals surface area contributed by atoms with Crippen LogP contribution in [0, 0.1) is 6.92 Å². The van der Waals surface area contributed by atoms with E-state index in [1.54, 1.807) is 54.5 Å². The van der Waals surface area contributed by atoms with Gasteiger partial charge in [0.2, 0.25) is 0 Å². The van der Waals surface area contributed by atoms with Gasteiger partial charge in [0.05, 0.1) is 36.5 Å². The molecule has 1 atom stereocenters. The summed E-state index contributed by atoms with van der Waals surface area (Å²) in [5.41, 5.74) is 2.55. The number of anilines is 1. The predicted molar refractivity (Wildman–Crippen MR) is 124 cm³/mol. The van der Waals surface area contributed by atoms with Gasteiger partial charge in [-0.15, -0.1) is 0 Å². The number of fused-ring (bicyclic) bond motifs is 1. The lowest BCUT2D eigenvalue weighted by Crippen LogP contribution is -2.40. The number of halogens is 1. The second kappa shape index (κ2) is 9.18. The molecule has 0 radical (unpaired) electrons. The van der Waals surface area contributed by atoms with Gasteiger partial charge >= 0.3 is 0 Å². The number of carbonyl (C=O) groups is 2. The Morgan fingerprint density at radius 2 is 1.91 bits per heavy atom. The molecule has 0 saturated heterocycles. The lowest BCUT2D eigenvalue weighted by Gasteiger charge is -2.32. The molecule has 2 aromatic carbocycles. The van der Waals surface area contributed by atoms with Crippen LogP contribution in [0.1, 0.15) is 44.4 Å². The van der Waals surface area contributed by atoms with E-state index in [4.69, 9.17) is 21.1 Å². The summed E-state index contributed by atoms with van der Waals surface area (Å²) < 4.78 is 15.1. The molecule has 2 heterocycles. The second-order valence-electron chi connectivity index (χ2n) is 7.31. The summed E-state index contributed by atoms with van der Waals surface area (Å²) in [6, 6.07) is 11.7. The van der Waals surface area contributed by atoms with Gasteiger partial charge in [0.1, 0.15) is 5.00 Å². The molecular formula is C23H22ClN3O4S. The highest BCUT2D eigenvalue weighted by Crippen LogP contribution is 2.40. The first-order valence-electron chi connectivity index (χ1n) is 10.00. The summed E-state index contributed by atoms with van der Waals surface area (Å²) in [7, 11) is 3.08. The third kappa shape index (κ3) is 4.03. The number of benzene rings is 2. The molecule has 0 saturated carbocycles. The molecule has 166 valence electrons. The zero-order valence-corrected chi connectivity index (χ0v) is 19.4. The number of amides is 2. The topological polar surface area (TPSA) is 80.8 Å². The van der Waals surface area contributed by atoms with Crippen LogP contribution in [-0.4, -0.2) is 37.0 Å². The van der Waals surface area contributed by atoms with E-state index in [-0.39, 0.29) is 17.9 Å². The number of nitrogens with one attached hydrogen (secondary N) is 1. The highest BCUT2D eigenvalue weighted by Gasteiger charge is 2.34. The van der Waals surface area contributed by atoms with Crippen LogP contribution < -0.4 is 19.7 Å². The van der Waals surface area contributed by atoms with Gasteiger partial charge in [0, 0.05) is 17.7 Å². The summed E-state index contributed by atoms with van der Waals surface area (Å²) >= 11 is 7.44. The van der Waals surface area contributed by atoms with Crippen molar-refractivity contribution in [2.45, 2.75) is 19.4 Å². The fraction of sp³-hybridized carbons (Fsp3) is 0.261. The van der Waals surface area contributed by atoms with Crippen LogP contribution in [0.3, 0.4) is 0 Å². The van der Waals surface area contributed by atoms with Gasteiger partial charge in [-0.05, 0) is 55.2 Å². The molecule has 7 nitrogen and oxygen atoms in total. The van der Waals surface area contributed by atoms with Crippen molar-refractivity contribution in [2.75, 3.05) is 25.7 Å². The summed E-state index contributed by atoms with van der Waals surface area (Å²) in [5.74, 6) is 0.629. The predicted octanol–water partition coefficient (Wildman–Crippen LogP) is 4.64. The Hall–Kier alpha value is -3.10. The van der Waals surface area contributed by atoms with Crippen molar-refractivity contribution < 1.29 is 19.1 Å². The molecule has 3 aromatic rings. The zero-order chi connectivity index (χ0) is 22.8. The van der Waals surface area contributed by atoms with Crippen molar-refractivity contribution in [3.05, 3.63) is 69.9 Å². The van der Waals surface area contributed by atoms with Crippen LogP contribution >= 0.6 is 23.1 Å². The average molecular weight is 472 g/mol. The van der Waals surface area contributed by atoms with E-state index < -0.39 is 0 Å². The van der Waals surface area contributed by atoms with Crippen LogP contribution in [0.4, 0.5) is 5.00 Å². The van der Waals surface area contributed by atoms with E-state index in [1.165, 1.54) is 18.6 Å². The first-order valence-corrected chi connectivity index (χ1v) is 11.1. The standard InChI is InChI=1S/C23H22ClN3O4S/c1-13-20-17(25-21(28)15-6-4-5-7-16(15)24)10-11-27(23(20)32-26-13)22(29)14-8-9-18(30-2)19(12-14)31-3/h4-9,12,17H,10-11H2,1-3H3,(H,25,28). The lowest BCUT2D eigenvalue weighted by molar-refractivity contribution is 0.0933. The average Bonchev–Trinajstić information content (AvgIpc) is 3.20. The minimum Gasteiger partial charge on any atom is -0.493 e. The Balaban J connectivity index is 1.61. The summed E-state index contributed by atoms with van der Waals surface area (Å²) in [6.07, 6.45) is 0.557. The van der Waals surface area contributed by atoms with Gasteiger partial charge in [-0.3, -0.25) is 14.5 Å². The molecule has 32 heavy (non-hydrogen) atoms. The molecule has 0 fully saturated rings. The van der Waals surface area contributed by atoms with Crippen molar-refractivity contribution in [1.82, 2.24) is 9.69 Å². The molecule has 0 aliphatic carbocycles. The summed E-state index contributed by atoms with van der Waals surface area (Å²) in [4.78, 5) is 27.9. The maximum atomic E-state index is 13.3. The number of ether oxygens (including phenoxy) is 2. The first-order chi connectivity index (χ1) is 15.4. The number of hydrogen-bond donors (Lipinski definition) is 1. The molecule has 2 amide bonds. The van der Waals surface area contributed by atoms with E-state index in [1.807, 2.05) is 6.92 Å². The fourth-order valence-electron chi connectivity index (χ4n) is 3.81. The number of carbonyl (C=O) groups excluding carboxylic acids is 2. The van der Waals surface area contributed by atoms with Gasteiger partial charge in [0.25, 0.3) is 11.8 Å². The molecule has 1 aliphatic heterocycles. The summed E-state index contributed by atoms with van der Waals surface area (Å²) in [5, 5.41) is 4.19. The molecule has 0 spiro atoms. The summed E-state index contributed by atoms with van der Waals surface area (Å²) in [6.45, 7) is 2.32. The van der Waals surface area contributed by atoms with Crippen molar-refractivity contribution in [1.29, 1.82) is 0 Å². The number of nitrogens with zero attached hydrogens (tertiary/aromatic N) is 2. The van der Waals surface area contributed by atoms with Crippen LogP contribution in [0.2, 0.25) is 5.02 Å². The Morgan fingerprint density at radius 3 is 2.62 bits per heavy atom. The smallest absolute Gasteiger partial charge is 0.259 e. The Bertz CT molecular complexity index is 1180. The molecule has 1 aromatic heterocycles. The molecule has 1 aliphatic rings. The minimum absolute atomic E-state index is 0.160. The van der Waals surface area contributed by atoms with Crippen molar-refractivity contribution in [3.8, 4) is 11.5 Å². The monoisotopic (exact) mass is 471 g/mol. The molecule has 9 heteroatoms. The normalized spacial score (nSPS) is 15.1. The lowest BCUT2D eigenvalue weighted by atomic mass is 9.98. The van der Waals surface area contributed by atoms with Gasteiger partial charge in [-0.25, -0.2) is 0 Å². The maximum Gasteiger partial charge on any atom is 0.259 e. The van der Waals surface area contributed by atoms with Gasteiger partial charge < -0.3 is 14.8 Å². The number of hydrogen-bond acceptors (Lipinski definition) is 6. The molecule has 1 unspecified atom stereocenters. The van der Waals surface area contributed by atoms with E-state index in [0.717, 1.165) is 16.3 Å². The van der Waals surface area contributed by atoms with E-state index in [2.05, 4.69) is 9.69 Å². The van der Waals surface area contributed by atoms with Crippen molar-refractivity contribution >= 4 is 39.9 Å². The third-order valence-corrected chi connectivity index (χ3v) is 6.73. The molecule has 0 bridgehead atoms. The van der Waals surface area contributed by atoms with Crippen molar-refractivity contribution in [2.24, 2.45) is 0 Å². The van der Waals surface area contributed by atoms with E-state index in [9.17, 15) is 9.59 Å². The fourth-order valence-corrected chi connectivity index (χ4v) is 5.01. The Morgan fingerprint density at radius 1 is 1.16 bits per heavy atom. The SMILES string of the molecule is COc1ccc(C(=O)N2CCC(NC(=O)c3ccccc3Cl)c3c(C)nsc32)cc1OC. The van der Waals surface area contributed by atoms with Crippen LogP contribution in [0.25, 0.3) is 0 Å². The van der Waals surface area contributed by atoms with Crippen LogP contribution in [0.5, 0.6) is 11.5 Å². The quantitative estimate of drug-likeness (QED) is 0.586. The van der Waals surface area contributed by atoms with Gasteiger partial charge in [-0.2, -0.15) is 4.37 Å². The Labute approximate surface area is 195 Å². The molecule has 1 N–H and O–H groups in total. The highest BCUT2D eigenvalue weighted by atomic mass is 35.5. The van der Waals surface area contributed by atoms with E-state index >= 15 is 0 Å². The van der Waals surface area contributed by atoms with Crippen molar-refractivity contribution in [3.63, 3.8) is 0 Å².